The van der Waals surface area contributed by atoms with Gasteiger partial charge in [-0.3, -0.25) is 9.58 Å². The SMILES string of the molecule is CC(C)CN(Cc1ccnn1C)CC1CCCN1. The highest BCUT2D eigenvalue weighted by Gasteiger charge is 2.19. The highest BCUT2D eigenvalue weighted by atomic mass is 15.3. The molecule has 0 aliphatic carbocycles. The van der Waals surface area contributed by atoms with Crippen LogP contribution in [0.5, 0.6) is 0 Å². The van der Waals surface area contributed by atoms with Gasteiger partial charge in [0.05, 0.1) is 5.69 Å². The number of hydrogen-bond donors (Lipinski definition) is 1. The molecular weight excluding hydrogens is 224 g/mol. The van der Waals surface area contributed by atoms with Crippen molar-refractivity contribution in [2.45, 2.75) is 39.3 Å². The second kappa shape index (κ2) is 6.34. The van der Waals surface area contributed by atoms with Gasteiger partial charge in [-0.2, -0.15) is 5.10 Å². The zero-order chi connectivity index (χ0) is 13.0. The third kappa shape index (κ3) is 3.82. The van der Waals surface area contributed by atoms with Crippen molar-refractivity contribution in [3.05, 3.63) is 18.0 Å². The highest BCUT2D eigenvalue weighted by Crippen LogP contribution is 2.11. The lowest BCUT2D eigenvalue weighted by Crippen LogP contribution is -2.39. The molecule has 18 heavy (non-hydrogen) atoms. The summed E-state index contributed by atoms with van der Waals surface area (Å²) >= 11 is 0. The molecule has 1 aliphatic rings. The number of aromatic nitrogens is 2. The summed E-state index contributed by atoms with van der Waals surface area (Å²) in [6.07, 6.45) is 4.53. The van der Waals surface area contributed by atoms with Crippen LogP contribution < -0.4 is 5.32 Å². The Morgan fingerprint density at radius 3 is 2.94 bits per heavy atom. The van der Waals surface area contributed by atoms with Crippen molar-refractivity contribution in [3.8, 4) is 0 Å². The molecule has 2 rings (SSSR count). The number of nitrogens with zero attached hydrogens (tertiary/aromatic N) is 3. The molecule has 1 atom stereocenters. The van der Waals surface area contributed by atoms with Gasteiger partial charge in [0.2, 0.25) is 0 Å². The summed E-state index contributed by atoms with van der Waals surface area (Å²) in [4.78, 5) is 2.56. The normalized spacial score (nSPS) is 20.2. The Hall–Kier alpha value is -0.870. The van der Waals surface area contributed by atoms with Crippen molar-refractivity contribution >= 4 is 0 Å². The predicted octanol–water partition coefficient (Wildman–Crippen LogP) is 1.63. The van der Waals surface area contributed by atoms with Crippen molar-refractivity contribution in [2.75, 3.05) is 19.6 Å². The van der Waals surface area contributed by atoms with E-state index in [0.29, 0.717) is 12.0 Å². The molecule has 0 aromatic carbocycles. The van der Waals surface area contributed by atoms with Crippen molar-refractivity contribution in [1.29, 1.82) is 0 Å². The molecule has 4 heteroatoms. The first-order chi connectivity index (χ1) is 8.65. The van der Waals surface area contributed by atoms with Crippen LogP contribution >= 0.6 is 0 Å². The number of rotatable bonds is 6. The zero-order valence-corrected chi connectivity index (χ0v) is 11.9. The second-order valence-corrected chi connectivity index (χ2v) is 5.83. The third-order valence-electron chi connectivity index (χ3n) is 3.57. The molecule has 102 valence electrons. The average Bonchev–Trinajstić information content (AvgIpc) is 2.91. The fourth-order valence-electron chi connectivity index (χ4n) is 2.73. The van der Waals surface area contributed by atoms with Crippen LogP contribution in [0.3, 0.4) is 0 Å². The van der Waals surface area contributed by atoms with E-state index in [1.165, 1.54) is 25.1 Å². The molecule has 0 spiro atoms. The predicted molar refractivity (Wildman–Crippen MR) is 74.3 cm³/mol. The van der Waals surface area contributed by atoms with E-state index in [-0.39, 0.29) is 0 Å². The van der Waals surface area contributed by atoms with Crippen molar-refractivity contribution in [1.82, 2.24) is 20.0 Å². The molecular formula is C14H26N4. The summed E-state index contributed by atoms with van der Waals surface area (Å²) in [7, 11) is 2.02. The fourth-order valence-corrected chi connectivity index (χ4v) is 2.73. The van der Waals surface area contributed by atoms with Gasteiger partial charge in [0.25, 0.3) is 0 Å². The lowest BCUT2D eigenvalue weighted by molar-refractivity contribution is 0.211. The second-order valence-electron chi connectivity index (χ2n) is 5.83. The van der Waals surface area contributed by atoms with E-state index in [4.69, 9.17) is 0 Å². The Morgan fingerprint density at radius 2 is 2.39 bits per heavy atom. The van der Waals surface area contributed by atoms with E-state index < -0.39 is 0 Å². The van der Waals surface area contributed by atoms with E-state index in [1.807, 2.05) is 17.9 Å². The molecule has 1 N–H and O–H groups in total. The van der Waals surface area contributed by atoms with Crippen molar-refractivity contribution in [3.63, 3.8) is 0 Å². The minimum atomic E-state index is 0.678. The molecule has 1 unspecified atom stereocenters. The standard InChI is InChI=1S/C14H26N4/c1-12(2)9-18(10-13-5-4-7-15-13)11-14-6-8-16-17(14)3/h6,8,12-13,15H,4-5,7,9-11H2,1-3H3. The van der Waals surface area contributed by atoms with Gasteiger partial charge in [0.1, 0.15) is 0 Å². The Labute approximate surface area is 110 Å². The van der Waals surface area contributed by atoms with Crippen LogP contribution in [0, 0.1) is 5.92 Å². The summed E-state index contributed by atoms with van der Waals surface area (Å²) in [5.41, 5.74) is 1.30. The van der Waals surface area contributed by atoms with Crippen LogP contribution in [0.25, 0.3) is 0 Å². The number of aryl methyl sites for hydroxylation is 1. The van der Waals surface area contributed by atoms with Gasteiger partial charge in [-0.1, -0.05) is 13.8 Å². The number of nitrogens with one attached hydrogen (secondary N) is 1. The Balaban J connectivity index is 1.93. The van der Waals surface area contributed by atoms with E-state index in [9.17, 15) is 0 Å². The van der Waals surface area contributed by atoms with Crippen molar-refractivity contribution < 1.29 is 0 Å². The molecule has 0 bridgehead atoms. The first-order valence-corrected chi connectivity index (χ1v) is 7.07. The van der Waals surface area contributed by atoms with Gasteiger partial charge < -0.3 is 5.32 Å². The molecule has 1 aromatic heterocycles. The molecule has 0 amide bonds. The summed E-state index contributed by atoms with van der Waals surface area (Å²) in [6, 6.07) is 2.80. The first-order valence-electron chi connectivity index (χ1n) is 7.07. The topological polar surface area (TPSA) is 33.1 Å². The van der Waals surface area contributed by atoms with Crippen LogP contribution in [-0.2, 0) is 13.6 Å². The van der Waals surface area contributed by atoms with Crippen LogP contribution in [-0.4, -0.2) is 40.4 Å². The summed E-state index contributed by atoms with van der Waals surface area (Å²) in [6.45, 7) is 9.09. The van der Waals surface area contributed by atoms with Crippen LogP contribution in [0.15, 0.2) is 12.3 Å². The highest BCUT2D eigenvalue weighted by molar-refractivity contribution is 5.00. The van der Waals surface area contributed by atoms with Gasteiger partial charge >= 0.3 is 0 Å². The molecule has 0 radical (unpaired) electrons. The van der Waals surface area contributed by atoms with E-state index in [2.05, 4.69) is 35.2 Å². The van der Waals surface area contributed by atoms with Crippen LogP contribution in [0.4, 0.5) is 0 Å². The van der Waals surface area contributed by atoms with Crippen LogP contribution in [0.2, 0.25) is 0 Å². The molecule has 1 fully saturated rings. The lowest BCUT2D eigenvalue weighted by Gasteiger charge is -2.27. The number of hydrogen-bond acceptors (Lipinski definition) is 3. The van der Waals surface area contributed by atoms with E-state index in [1.54, 1.807) is 0 Å². The molecule has 4 nitrogen and oxygen atoms in total. The first kappa shape index (κ1) is 13.6. The Bertz CT molecular complexity index is 352. The Kier molecular flexibility index (Phi) is 4.78. The van der Waals surface area contributed by atoms with Gasteiger partial charge in [-0.05, 0) is 31.4 Å². The minimum Gasteiger partial charge on any atom is -0.313 e. The average molecular weight is 250 g/mol. The van der Waals surface area contributed by atoms with E-state index in [0.717, 1.165) is 19.6 Å². The van der Waals surface area contributed by atoms with E-state index >= 15 is 0 Å². The maximum Gasteiger partial charge on any atom is 0.0521 e. The molecule has 1 aromatic rings. The molecule has 1 saturated heterocycles. The molecule has 1 aliphatic heterocycles. The fraction of sp³-hybridized carbons (Fsp3) is 0.786. The zero-order valence-electron chi connectivity index (χ0n) is 11.9. The maximum absolute atomic E-state index is 4.26. The summed E-state index contributed by atoms with van der Waals surface area (Å²) < 4.78 is 1.98. The summed E-state index contributed by atoms with van der Waals surface area (Å²) in [5, 5.41) is 7.85. The molecule has 2 heterocycles. The molecule has 0 saturated carbocycles. The monoisotopic (exact) mass is 250 g/mol. The maximum atomic E-state index is 4.26. The third-order valence-corrected chi connectivity index (χ3v) is 3.57. The van der Waals surface area contributed by atoms with Gasteiger partial charge in [0, 0.05) is 38.9 Å². The van der Waals surface area contributed by atoms with Gasteiger partial charge in [0.15, 0.2) is 0 Å². The lowest BCUT2D eigenvalue weighted by atomic mass is 10.1. The minimum absolute atomic E-state index is 0.678. The van der Waals surface area contributed by atoms with Crippen LogP contribution in [0.1, 0.15) is 32.4 Å². The largest absolute Gasteiger partial charge is 0.313 e. The quantitative estimate of drug-likeness (QED) is 0.833. The Morgan fingerprint density at radius 1 is 1.56 bits per heavy atom. The summed E-state index contributed by atoms with van der Waals surface area (Å²) in [5.74, 6) is 0.708. The van der Waals surface area contributed by atoms with Gasteiger partial charge in [-0.25, -0.2) is 0 Å². The van der Waals surface area contributed by atoms with Crippen molar-refractivity contribution in [2.24, 2.45) is 13.0 Å². The smallest absolute Gasteiger partial charge is 0.0521 e. The van der Waals surface area contributed by atoms with Gasteiger partial charge in [-0.15, -0.1) is 0 Å².